The molecular formula is C14H9F3N4OS. The molecule has 23 heavy (non-hydrogen) atoms. The lowest BCUT2D eigenvalue weighted by atomic mass is 10.1. The standard InChI is InChI=1S/C14H9F3N4OS/c15-14(16,17)8-21(12-3-1-2-6-18-12)13(22)9-4-5-10-11(7-9)20-23-19-10/h1-7H,8H2. The van der Waals surface area contributed by atoms with Crippen molar-refractivity contribution in [1.29, 1.82) is 0 Å². The van der Waals surface area contributed by atoms with Crippen LogP contribution in [0.5, 0.6) is 0 Å². The number of fused-ring (bicyclic) bond motifs is 1. The van der Waals surface area contributed by atoms with Crippen LogP contribution in [0.25, 0.3) is 11.0 Å². The number of benzene rings is 1. The molecule has 1 aromatic carbocycles. The highest BCUT2D eigenvalue weighted by Crippen LogP contribution is 2.23. The molecule has 0 saturated heterocycles. The second-order valence-electron chi connectivity index (χ2n) is 4.66. The van der Waals surface area contributed by atoms with Crippen LogP contribution >= 0.6 is 11.7 Å². The number of anilines is 1. The predicted molar refractivity (Wildman–Crippen MR) is 79.4 cm³/mol. The summed E-state index contributed by atoms with van der Waals surface area (Å²) >= 11 is 0.971. The van der Waals surface area contributed by atoms with Gasteiger partial charge in [0, 0.05) is 11.8 Å². The maximum absolute atomic E-state index is 12.8. The van der Waals surface area contributed by atoms with E-state index in [0.29, 0.717) is 15.9 Å². The Balaban J connectivity index is 1.99. The van der Waals surface area contributed by atoms with Crippen molar-refractivity contribution in [2.45, 2.75) is 6.18 Å². The molecule has 118 valence electrons. The molecule has 3 aromatic rings. The van der Waals surface area contributed by atoms with Crippen molar-refractivity contribution in [3.05, 3.63) is 48.2 Å². The summed E-state index contributed by atoms with van der Waals surface area (Å²) in [6, 6.07) is 8.84. The number of amides is 1. The van der Waals surface area contributed by atoms with E-state index in [-0.39, 0.29) is 11.4 Å². The third kappa shape index (κ3) is 3.45. The highest BCUT2D eigenvalue weighted by atomic mass is 32.1. The van der Waals surface area contributed by atoms with Gasteiger partial charge in [0.05, 0.1) is 11.7 Å². The van der Waals surface area contributed by atoms with Gasteiger partial charge in [-0.05, 0) is 30.3 Å². The van der Waals surface area contributed by atoms with E-state index in [9.17, 15) is 18.0 Å². The third-order valence-corrected chi connectivity index (χ3v) is 3.57. The first-order valence-corrected chi connectivity index (χ1v) is 7.19. The largest absolute Gasteiger partial charge is 0.406 e. The lowest BCUT2D eigenvalue weighted by Crippen LogP contribution is -2.39. The Morgan fingerprint density at radius 3 is 2.61 bits per heavy atom. The summed E-state index contributed by atoms with van der Waals surface area (Å²) in [6.07, 6.45) is -3.21. The highest BCUT2D eigenvalue weighted by molar-refractivity contribution is 7.00. The van der Waals surface area contributed by atoms with Crippen LogP contribution in [-0.4, -0.2) is 32.4 Å². The average molecular weight is 338 g/mol. The fourth-order valence-corrected chi connectivity index (χ4v) is 2.54. The molecule has 0 N–H and O–H groups in total. The van der Waals surface area contributed by atoms with Gasteiger partial charge in [-0.1, -0.05) is 6.07 Å². The lowest BCUT2D eigenvalue weighted by molar-refractivity contribution is -0.118. The Morgan fingerprint density at radius 1 is 1.13 bits per heavy atom. The third-order valence-electron chi connectivity index (χ3n) is 3.01. The molecule has 2 heterocycles. The van der Waals surface area contributed by atoms with Crippen molar-refractivity contribution in [1.82, 2.24) is 13.7 Å². The lowest BCUT2D eigenvalue weighted by Gasteiger charge is -2.23. The molecule has 1 amide bonds. The second kappa shape index (κ2) is 5.92. The van der Waals surface area contributed by atoms with E-state index in [1.54, 1.807) is 12.1 Å². The number of pyridine rings is 1. The van der Waals surface area contributed by atoms with E-state index in [1.165, 1.54) is 30.5 Å². The number of rotatable bonds is 3. The number of carbonyl (C=O) groups is 1. The van der Waals surface area contributed by atoms with Crippen LogP contribution in [0.1, 0.15) is 10.4 Å². The molecule has 0 fully saturated rings. The molecule has 5 nitrogen and oxygen atoms in total. The van der Waals surface area contributed by atoms with Gasteiger partial charge in [0.25, 0.3) is 5.91 Å². The Bertz CT molecular complexity index is 835. The summed E-state index contributed by atoms with van der Waals surface area (Å²) in [6.45, 7) is -1.42. The van der Waals surface area contributed by atoms with Gasteiger partial charge in [0.2, 0.25) is 0 Å². The molecule has 0 aliphatic heterocycles. The summed E-state index contributed by atoms with van der Waals surface area (Å²) in [4.78, 5) is 17.0. The van der Waals surface area contributed by atoms with Crippen molar-refractivity contribution in [3.8, 4) is 0 Å². The van der Waals surface area contributed by atoms with Crippen LogP contribution in [0.4, 0.5) is 19.0 Å². The Kier molecular flexibility index (Phi) is 3.95. The van der Waals surface area contributed by atoms with Crippen LogP contribution < -0.4 is 4.90 Å². The summed E-state index contributed by atoms with van der Waals surface area (Å²) in [7, 11) is 0. The Labute approximate surface area is 132 Å². The van der Waals surface area contributed by atoms with Crippen LogP contribution in [-0.2, 0) is 0 Å². The van der Waals surface area contributed by atoms with E-state index < -0.39 is 18.6 Å². The number of nitrogens with zero attached hydrogens (tertiary/aromatic N) is 4. The Morgan fingerprint density at radius 2 is 1.91 bits per heavy atom. The van der Waals surface area contributed by atoms with Crippen molar-refractivity contribution in [2.75, 3.05) is 11.4 Å². The SMILES string of the molecule is O=C(c1ccc2nsnc2c1)N(CC(F)(F)F)c1ccccn1. The Hall–Kier alpha value is -2.55. The molecule has 0 unspecified atom stereocenters. The van der Waals surface area contributed by atoms with Gasteiger partial charge in [0.1, 0.15) is 23.4 Å². The molecule has 0 aliphatic rings. The van der Waals surface area contributed by atoms with E-state index in [4.69, 9.17) is 0 Å². The first-order valence-electron chi connectivity index (χ1n) is 6.46. The number of aromatic nitrogens is 3. The number of alkyl halides is 3. The minimum atomic E-state index is -4.54. The fourth-order valence-electron chi connectivity index (χ4n) is 2.02. The van der Waals surface area contributed by atoms with Gasteiger partial charge in [-0.15, -0.1) is 0 Å². The van der Waals surface area contributed by atoms with E-state index in [2.05, 4.69) is 13.7 Å². The predicted octanol–water partition coefficient (Wildman–Crippen LogP) is 3.30. The molecule has 0 saturated carbocycles. The normalized spacial score (nSPS) is 11.6. The smallest absolute Gasteiger partial charge is 0.284 e. The summed E-state index contributed by atoms with van der Waals surface area (Å²) in [5, 5.41) is 0. The second-order valence-corrected chi connectivity index (χ2v) is 5.19. The van der Waals surface area contributed by atoms with Crippen molar-refractivity contribution in [3.63, 3.8) is 0 Å². The topological polar surface area (TPSA) is 59.0 Å². The van der Waals surface area contributed by atoms with Crippen LogP contribution in [0.2, 0.25) is 0 Å². The first-order chi connectivity index (χ1) is 10.9. The maximum atomic E-state index is 12.8. The fraction of sp³-hybridized carbons (Fsp3) is 0.143. The van der Waals surface area contributed by atoms with Crippen molar-refractivity contribution >= 4 is 34.5 Å². The molecule has 0 spiro atoms. The summed E-state index contributed by atoms with van der Waals surface area (Å²) < 4.78 is 46.5. The van der Waals surface area contributed by atoms with Gasteiger partial charge in [-0.25, -0.2) is 4.98 Å². The molecule has 0 bridgehead atoms. The molecule has 9 heteroatoms. The van der Waals surface area contributed by atoms with Gasteiger partial charge >= 0.3 is 6.18 Å². The number of hydrogen-bond acceptors (Lipinski definition) is 5. The van der Waals surface area contributed by atoms with Gasteiger partial charge in [-0.3, -0.25) is 9.69 Å². The highest BCUT2D eigenvalue weighted by Gasteiger charge is 2.34. The minimum Gasteiger partial charge on any atom is -0.284 e. The average Bonchev–Trinajstić information content (AvgIpc) is 2.99. The molecule has 3 rings (SSSR count). The zero-order valence-electron chi connectivity index (χ0n) is 11.5. The van der Waals surface area contributed by atoms with Crippen LogP contribution in [0.3, 0.4) is 0 Å². The number of halogens is 3. The maximum Gasteiger partial charge on any atom is 0.406 e. The van der Waals surface area contributed by atoms with E-state index >= 15 is 0 Å². The zero-order valence-corrected chi connectivity index (χ0v) is 12.3. The number of hydrogen-bond donors (Lipinski definition) is 0. The quantitative estimate of drug-likeness (QED) is 0.735. The first kappa shape index (κ1) is 15.3. The van der Waals surface area contributed by atoms with Gasteiger partial charge < -0.3 is 0 Å². The molecule has 0 radical (unpaired) electrons. The van der Waals surface area contributed by atoms with E-state index in [0.717, 1.165) is 11.7 Å². The molecule has 0 atom stereocenters. The minimum absolute atomic E-state index is 0.0636. The monoisotopic (exact) mass is 338 g/mol. The number of carbonyl (C=O) groups excluding carboxylic acids is 1. The van der Waals surface area contributed by atoms with Crippen LogP contribution in [0, 0.1) is 0 Å². The van der Waals surface area contributed by atoms with Crippen molar-refractivity contribution in [2.24, 2.45) is 0 Å². The molecule has 2 aromatic heterocycles. The summed E-state index contributed by atoms with van der Waals surface area (Å²) in [5.41, 5.74) is 1.15. The van der Waals surface area contributed by atoms with E-state index in [1.807, 2.05) is 0 Å². The molecule has 0 aliphatic carbocycles. The van der Waals surface area contributed by atoms with Gasteiger partial charge in [0.15, 0.2) is 0 Å². The summed E-state index contributed by atoms with van der Waals surface area (Å²) in [5.74, 6) is -0.859. The van der Waals surface area contributed by atoms with Crippen molar-refractivity contribution < 1.29 is 18.0 Å². The zero-order chi connectivity index (χ0) is 16.4. The molecular weight excluding hydrogens is 329 g/mol. The van der Waals surface area contributed by atoms with Gasteiger partial charge in [-0.2, -0.15) is 21.9 Å². The van der Waals surface area contributed by atoms with Crippen LogP contribution in [0.15, 0.2) is 42.6 Å².